The lowest BCUT2D eigenvalue weighted by atomic mass is 9.95. The molecule has 8 heteroatoms. The van der Waals surface area contributed by atoms with Crippen molar-refractivity contribution in [3.05, 3.63) is 100 Å². The number of benzene rings is 4. The number of alkyl halides is 2. The fourth-order valence-corrected chi connectivity index (χ4v) is 4.90. The Hall–Kier alpha value is -3.55. The lowest BCUT2D eigenvalue weighted by Crippen LogP contribution is -2.06. The second-order valence-corrected chi connectivity index (χ2v) is 9.84. The number of fused-ring (bicyclic) bond motifs is 1. The zero-order valence-corrected chi connectivity index (χ0v) is 22.0. The maximum atomic E-state index is 15.3. The molecule has 1 nitrogen and oxygen atoms in total. The molecule has 0 heterocycles. The molecule has 0 radical (unpaired) electrons. The summed E-state index contributed by atoms with van der Waals surface area (Å²) in [6, 6.07) is 12.0. The van der Waals surface area contributed by atoms with Crippen molar-refractivity contribution in [1.29, 1.82) is 0 Å². The molecule has 0 fully saturated rings. The van der Waals surface area contributed by atoms with Crippen molar-refractivity contribution in [3.8, 4) is 16.9 Å². The molecule has 0 unspecified atom stereocenters. The van der Waals surface area contributed by atoms with Crippen LogP contribution in [-0.4, -0.2) is 6.61 Å². The van der Waals surface area contributed by atoms with Gasteiger partial charge < -0.3 is 4.74 Å². The van der Waals surface area contributed by atoms with E-state index in [2.05, 4.69) is 11.7 Å². The Bertz CT molecular complexity index is 1440. The van der Waals surface area contributed by atoms with E-state index in [1.54, 1.807) is 6.07 Å². The summed E-state index contributed by atoms with van der Waals surface area (Å²) in [5, 5.41) is 0.659. The molecule has 0 aliphatic heterocycles. The van der Waals surface area contributed by atoms with Gasteiger partial charge in [-0.25, -0.2) is 22.0 Å². The van der Waals surface area contributed by atoms with Crippen LogP contribution < -0.4 is 4.74 Å². The van der Waals surface area contributed by atoms with E-state index in [0.717, 1.165) is 44.2 Å². The van der Waals surface area contributed by atoms with Gasteiger partial charge >= 0.3 is 6.61 Å². The minimum atomic E-state index is -3.38. The molecule has 4 aromatic rings. The number of rotatable bonds is 12. The highest BCUT2D eigenvalue weighted by molar-refractivity contribution is 5.88. The van der Waals surface area contributed by atoms with Gasteiger partial charge in [0.2, 0.25) is 0 Å². The fourth-order valence-electron chi connectivity index (χ4n) is 4.90. The molecular weight excluding hydrogens is 533 g/mol. The molecule has 0 aliphatic rings. The van der Waals surface area contributed by atoms with Crippen LogP contribution in [0.1, 0.15) is 55.7 Å². The Morgan fingerprint density at radius 2 is 1.27 bits per heavy atom. The Labute approximate surface area is 228 Å². The number of aryl methyl sites for hydroxylation is 3. The van der Waals surface area contributed by atoms with Gasteiger partial charge in [-0.15, -0.1) is 0 Å². The second-order valence-electron chi connectivity index (χ2n) is 9.84. The van der Waals surface area contributed by atoms with Crippen molar-refractivity contribution in [3.63, 3.8) is 0 Å². The van der Waals surface area contributed by atoms with Crippen molar-refractivity contribution < 1.29 is 35.5 Å². The molecule has 0 aromatic heterocycles. The molecule has 0 atom stereocenters. The summed E-state index contributed by atoms with van der Waals surface area (Å²) in [7, 11) is 0. The average Bonchev–Trinajstić information content (AvgIpc) is 2.90. The van der Waals surface area contributed by atoms with Crippen molar-refractivity contribution in [2.75, 3.05) is 0 Å². The quantitative estimate of drug-likeness (QED) is 0.123. The van der Waals surface area contributed by atoms with Gasteiger partial charge in [-0.1, -0.05) is 56.9 Å². The van der Waals surface area contributed by atoms with E-state index < -0.39 is 41.4 Å². The van der Waals surface area contributed by atoms with Gasteiger partial charge in [0.05, 0.1) is 5.56 Å². The minimum absolute atomic E-state index is 0.0324. The van der Waals surface area contributed by atoms with Crippen LogP contribution >= 0.6 is 0 Å². The highest BCUT2D eigenvalue weighted by atomic mass is 19.3. The molecule has 0 aliphatic carbocycles. The van der Waals surface area contributed by atoms with Gasteiger partial charge in [-0.2, -0.15) is 8.78 Å². The molecular formula is C32H29F7O. The van der Waals surface area contributed by atoms with E-state index >= 15 is 4.39 Å². The lowest BCUT2D eigenvalue weighted by molar-refractivity contribution is -0.0546. The van der Waals surface area contributed by atoms with Crippen molar-refractivity contribution in [2.24, 2.45) is 0 Å². The smallest absolute Gasteiger partial charge is 0.387 e. The Kier molecular flexibility index (Phi) is 9.71. The minimum Gasteiger partial charge on any atom is -0.429 e. The second kappa shape index (κ2) is 13.2. The normalized spacial score (nSPS) is 11.5. The largest absolute Gasteiger partial charge is 0.429 e. The summed E-state index contributed by atoms with van der Waals surface area (Å²) in [4.78, 5) is 0. The van der Waals surface area contributed by atoms with E-state index in [0.29, 0.717) is 17.4 Å². The summed E-state index contributed by atoms with van der Waals surface area (Å²) in [5.41, 5.74) is 1.10. The van der Waals surface area contributed by atoms with E-state index in [1.165, 1.54) is 36.4 Å². The summed E-state index contributed by atoms with van der Waals surface area (Å²) in [5.74, 6) is -5.64. The molecule has 212 valence electrons. The molecule has 4 rings (SSSR count). The predicted molar refractivity (Wildman–Crippen MR) is 142 cm³/mol. The molecule has 0 amide bonds. The summed E-state index contributed by atoms with van der Waals surface area (Å²) in [6.07, 6.45) is 5.92. The van der Waals surface area contributed by atoms with Gasteiger partial charge in [0.25, 0.3) is 0 Å². The van der Waals surface area contributed by atoms with Gasteiger partial charge in [-0.05, 0) is 83.7 Å². The lowest BCUT2D eigenvalue weighted by Gasteiger charge is -2.12. The zero-order chi connectivity index (χ0) is 28.8. The SMILES string of the molecule is CCCCCCCc1cc(F)c(-c2ccc3c(F)c(CCc4cc(F)c(OC(F)F)c(F)c4)ccc3c2)c(F)c1. The first-order valence-electron chi connectivity index (χ1n) is 13.3. The first-order chi connectivity index (χ1) is 19.2. The third-order valence-corrected chi connectivity index (χ3v) is 6.94. The van der Waals surface area contributed by atoms with Crippen molar-refractivity contribution >= 4 is 10.8 Å². The standard InChI is InChI=1S/C32H29F7O/c1-2-3-4-5-6-7-19-14-25(33)29(26(34)15-19)23-12-13-24-22(18-23)11-10-21(30(24)37)9-8-20-16-27(35)31(28(36)17-20)40-32(38)39/h10-18,32H,2-9H2,1H3. The van der Waals surface area contributed by atoms with E-state index in [-0.39, 0.29) is 40.5 Å². The van der Waals surface area contributed by atoms with Crippen molar-refractivity contribution in [1.82, 2.24) is 0 Å². The summed E-state index contributed by atoms with van der Waals surface area (Å²) in [6.45, 7) is -1.25. The monoisotopic (exact) mass is 562 g/mol. The van der Waals surface area contributed by atoms with Crippen LogP contribution in [-0.2, 0) is 19.3 Å². The van der Waals surface area contributed by atoms with Crippen LogP contribution in [0.4, 0.5) is 30.7 Å². The highest BCUT2D eigenvalue weighted by Gasteiger charge is 2.18. The first kappa shape index (κ1) is 29.4. The molecule has 0 N–H and O–H groups in total. The van der Waals surface area contributed by atoms with Crippen LogP contribution in [0.15, 0.2) is 54.6 Å². The molecule has 0 saturated heterocycles. The Morgan fingerprint density at radius 3 is 1.93 bits per heavy atom. The number of unbranched alkanes of at least 4 members (excludes halogenated alkanes) is 4. The average molecular weight is 563 g/mol. The third-order valence-electron chi connectivity index (χ3n) is 6.94. The van der Waals surface area contributed by atoms with Crippen LogP contribution in [0.2, 0.25) is 0 Å². The maximum Gasteiger partial charge on any atom is 0.387 e. The van der Waals surface area contributed by atoms with Gasteiger partial charge in [0.1, 0.15) is 17.5 Å². The number of halogens is 7. The molecule has 0 spiro atoms. The molecule has 0 bridgehead atoms. The molecule has 40 heavy (non-hydrogen) atoms. The topological polar surface area (TPSA) is 9.23 Å². The molecule has 4 aromatic carbocycles. The van der Waals surface area contributed by atoms with Crippen LogP contribution in [0, 0.1) is 29.1 Å². The molecule has 0 saturated carbocycles. The Morgan fingerprint density at radius 1 is 0.650 bits per heavy atom. The van der Waals surface area contributed by atoms with Gasteiger partial charge in [0, 0.05) is 5.39 Å². The zero-order valence-electron chi connectivity index (χ0n) is 22.0. The summed E-state index contributed by atoms with van der Waals surface area (Å²) >= 11 is 0. The number of hydrogen-bond donors (Lipinski definition) is 0. The van der Waals surface area contributed by atoms with E-state index in [9.17, 15) is 26.3 Å². The Balaban J connectivity index is 1.50. The van der Waals surface area contributed by atoms with E-state index in [4.69, 9.17) is 0 Å². The summed E-state index contributed by atoms with van der Waals surface area (Å²) < 4.78 is 102. The third kappa shape index (κ3) is 6.95. The maximum absolute atomic E-state index is 15.3. The number of hydrogen-bond acceptors (Lipinski definition) is 1. The van der Waals surface area contributed by atoms with Crippen LogP contribution in [0.5, 0.6) is 5.75 Å². The highest BCUT2D eigenvalue weighted by Crippen LogP contribution is 2.32. The van der Waals surface area contributed by atoms with Crippen LogP contribution in [0.3, 0.4) is 0 Å². The van der Waals surface area contributed by atoms with Crippen molar-refractivity contribution in [2.45, 2.75) is 64.9 Å². The predicted octanol–water partition coefficient (Wildman–Crippen LogP) is 10.1. The van der Waals surface area contributed by atoms with Gasteiger partial charge in [0.15, 0.2) is 17.4 Å². The van der Waals surface area contributed by atoms with Crippen LogP contribution in [0.25, 0.3) is 21.9 Å². The first-order valence-corrected chi connectivity index (χ1v) is 13.3. The van der Waals surface area contributed by atoms with E-state index in [1.807, 2.05) is 0 Å². The fraction of sp³-hybridized carbons (Fsp3) is 0.312. The number of ether oxygens (including phenoxy) is 1. The van der Waals surface area contributed by atoms with Gasteiger partial charge in [-0.3, -0.25) is 0 Å².